The molecule has 2 rings (SSSR count). The highest BCUT2D eigenvalue weighted by Gasteiger charge is 2.26. The van der Waals surface area contributed by atoms with Crippen LogP contribution in [0.5, 0.6) is 0 Å². The van der Waals surface area contributed by atoms with E-state index in [2.05, 4.69) is 0 Å². The summed E-state index contributed by atoms with van der Waals surface area (Å²) in [5, 5.41) is 2.07. The van der Waals surface area contributed by atoms with Crippen LogP contribution in [0.2, 0.25) is 0 Å². The zero-order valence-electron chi connectivity index (χ0n) is 9.83. The molecular formula is C13H15O3P. The van der Waals surface area contributed by atoms with Crippen LogP contribution in [0.4, 0.5) is 0 Å². The van der Waals surface area contributed by atoms with E-state index in [-0.39, 0.29) is 6.10 Å². The Bertz CT molecular complexity index is 572. The van der Waals surface area contributed by atoms with E-state index in [4.69, 9.17) is 4.52 Å². The Morgan fingerprint density at radius 3 is 2.47 bits per heavy atom. The van der Waals surface area contributed by atoms with E-state index in [9.17, 15) is 9.46 Å². The fourth-order valence-electron chi connectivity index (χ4n) is 1.80. The van der Waals surface area contributed by atoms with Gasteiger partial charge < -0.3 is 9.42 Å². The molecule has 4 heteroatoms. The predicted molar refractivity (Wildman–Crippen MR) is 69.6 cm³/mol. The van der Waals surface area contributed by atoms with Crippen LogP contribution in [0.25, 0.3) is 10.8 Å². The van der Waals surface area contributed by atoms with Crippen molar-refractivity contribution < 1.29 is 14.0 Å². The van der Waals surface area contributed by atoms with Gasteiger partial charge in [0.15, 0.2) is 0 Å². The van der Waals surface area contributed by atoms with Crippen molar-refractivity contribution in [3.05, 3.63) is 42.5 Å². The Morgan fingerprint density at radius 1 is 1.12 bits per heavy atom. The van der Waals surface area contributed by atoms with Gasteiger partial charge in [0, 0.05) is 0 Å². The fraction of sp³-hybridized carbons (Fsp3) is 0.231. The third-order valence-electron chi connectivity index (χ3n) is 2.42. The maximum atomic E-state index is 12.2. The number of rotatable bonds is 3. The first kappa shape index (κ1) is 12.3. The van der Waals surface area contributed by atoms with E-state index >= 15 is 0 Å². The Kier molecular flexibility index (Phi) is 3.34. The zero-order chi connectivity index (χ0) is 12.5. The lowest BCUT2D eigenvalue weighted by molar-refractivity contribution is 0.212. The van der Waals surface area contributed by atoms with Crippen molar-refractivity contribution in [1.29, 1.82) is 0 Å². The normalized spacial score (nSPS) is 15.1. The summed E-state index contributed by atoms with van der Waals surface area (Å²) in [6.45, 7) is 3.49. The maximum Gasteiger partial charge on any atom is 0.359 e. The average Bonchev–Trinajstić information content (AvgIpc) is 2.26. The minimum absolute atomic E-state index is 0.287. The molecule has 0 fully saturated rings. The van der Waals surface area contributed by atoms with Gasteiger partial charge in [-0.3, -0.25) is 4.57 Å². The molecule has 2 aromatic carbocycles. The highest BCUT2D eigenvalue weighted by Crippen LogP contribution is 2.43. The minimum Gasteiger partial charge on any atom is -0.321 e. The van der Waals surface area contributed by atoms with Gasteiger partial charge in [-0.15, -0.1) is 0 Å². The Morgan fingerprint density at radius 2 is 1.76 bits per heavy atom. The van der Waals surface area contributed by atoms with E-state index in [0.717, 1.165) is 10.8 Å². The second-order valence-corrected chi connectivity index (χ2v) is 5.91. The summed E-state index contributed by atoms with van der Waals surface area (Å²) in [5.41, 5.74) is 0. The molecule has 0 heterocycles. The molecule has 0 aliphatic heterocycles. The summed E-state index contributed by atoms with van der Waals surface area (Å²) in [7, 11) is -3.75. The van der Waals surface area contributed by atoms with Crippen LogP contribution in [0.15, 0.2) is 42.5 Å². The third kappa shape index (κ3) is 2.58. The topological polar surface area (TPSA) is 46.5 Å². The predicted octanol–water partition coefficient (Wildman–Crippen LogP) is 3.08. The van der Waals surface area contributed by atoms with Crippen LogP contribution in [0.3, 0.4) is 0 Å². The lowest BCUT2D eigenvalue weighted by atomic mass is 10.1. The molecule has 0 spiro atoms. The van der Waals surface area contributed by atoms with E-state index in [1.165, 1.54) is 0 Å². The first-order chi connectivity index (χ1) is 8.00. The number of hydrogen-bond acceptors (Lipinski definition) is 2. The van der Waals surface area contributed by atoms with Crippen molar-refractivity contribution in [2.75, 3.05) is 0 Å². The van der Waals surface area contributed by atoms with Gasteiger partial charge in [-0.2, -0.15) is 0 Å². The lowest BCUT2D eigenvalue weighted by Gasteiger charge is -2.16. The van der Waals surface area contributed by atoms with Gasteiger partial charge in [-0.05, 0) is 30.7 Å². The Balaban J connectivity index is 2.59. The smallest absolute Gasteiger partial charge is 0.321 e. The first-order valence-corrected chi connectivity index (χ1v) is 7.08. The molecule has 0 aliphatic carbocycles. The van der Waals surface area contributed by atoms with Gasteiger partial charge in [0.1, 0.15) is 0 Å². The zero-order valence-corrected chi connectivity index (χ0v) is 10.7. The third-order valence-corrected chi connectivity index (χ3v) is 4.13. The molecule has 1 N–H and O–H groups in total. The Labute approximate surface area is 101 Å². The number of fused-ring (bicyclic) bond motifs is 1. The molecule has 2 aromatic rings. The standard InChI is InChI=1S/C13H15O3P/c1-10(2)16-17(14,15)13-9-5-7-11-6-3-4-8-12(11)13/h3-10H,1-2H3,(H,14,15). The molecule has 0 radical (unpaired) electrons. The molecule has 0 saturated heterocycles. The molecular weight excluding hydrogens is 235 g/mol. The van der Waals surface area contributed by atoms with E-state index < -0.39 is 7.60 Å². The van der Waals surface area contributed by atoms with Gasteiger partial charge >= 0.3 is 7.60 Å². The van der Waals surface area contributed by atoms with Gasteiger partial charge in [-0.1, -0.05) is 36.4 Å². The monoisotopic (exact) mass is 250 g/mol. The summed E-state index contributed by atoms with van der Waals surface area (Å²) in [5.74, 6) is 0. The SMILES string of the molecule is CC(C)OP(=O)(O)c1cccc2ccccc12. The van der Waals surface area contributed by atoms with Crippen LogP contribution in [-0.2, 0) is 9.09 Å². The van der Waals surface area contributed by atoms with E-state index in [1.807, 2.05) is 30.3 Å². The largest absolute Gasteiger partial charge is 0.359 e. The second-order valence-electron chi connectivity index (χ2n) is 4.17. The number of hydrogen-bond donors (Lipinski definition) is 1. The molecule has 0 amide bonds. The summed E-state index contributed by atoms with van der Waals surface area (Å²) in [6, 6.07) is 12.8. The van der Waals surface area contributed by atoms with Crippen molar-refractivity contribution in [3.63, 3.8) is 0 Å². The quantitative estimate of drug-likeness (QED) is 0.851. The van der Waals surface area contributed by atoms with Crippen LogP contribution in [0.1, 0.15) is 13.8 Å². The maximum absolute atomic E-state index is 12.2. The summed E-state index contributed by atoms with van der Waals surface area (Å²) >= 11 is 0. The molecule has 0 aromatic heterocycles. The van der Waals surface area contributed by atoms with E-state index in [1.54, 1.807) is 26.0 Å². The molecule has 90 valence electrons. The van der Waals surface area contributed by atoms with Crippen LogP contribution < -0.4 is 5.30 Å². The van der Waals surface area contributed by atoms with E-state index in [0.29, 0.717) is 5.30 Å². The Hall–Kier alpha value is -1.15. The summed E-state index contributed by atoms with van der Waals surface area (Å²) in [4.78, 5) is 9.99. The van der Waals surface area contributed by atoms with Crippen LogP contribution in [0, 0.1) is 0 Å². The van der Waals surface area contributed by atoms with Gasteiger partial charge in [0.2, 0.25) is 0 Å². The van der Waals surface area contributed by atoms with Gasteiger partial charge in [0.25, 0.3) is 0 Å². The van der Waals surface area contributed by atoms with Crippen molar-refractivity contribution in [3.8, 4) is 0 Å². The fourth-order valence-corrected chi connectivity index (χ4v) is 3.26. The van der Waals surface area contributed by atoms with Gasteiger partial charge in [0.05, 0.1) is 11.4 Å². The summed E-state index contributed by atoms with van der Waals surface area (Å²) < 4.78 is 17.3. The second kappa shape index (κ2) is 4.61. The molecule has 17 heavy (non-hydrogen) atoms. The van der Waals surface area contributed by atoms with Crippen LogP contribution >= 0.6 is 7.60 Å². The molecule has 0 saturated carbocycles. The number of benzene rings is 2. The first-order valence-electron chi connectivity index (χ1n) is 5.50. The molecule has 1 atom stereocenters. The molecule has 3 nitrogen and oxygen atoms in total. The van der Waals surface area contributed by atoms with Crippen LogP contribution in [-0.4, -0.2) is 11.0 Å². The molecule has 0 aliphatic rings. The van der Waals surface area contributed by atoms with Crippen molar-refractivity contribution in [2.45, 2.75) is 20.0 Å². The highest BCUT2D eigenvalue weighted by molar-refractivity contribution is 7.61. The van der Waals surface area contributed by atoms with Gasteiger partial charge in [-0.25, -0.2) is 0 Å². The minimum atomic E-state index is -3.75. The van der Waals surface area contributed by atoms with Crippen molar-refractivity contribution >= 4 is 23.7 Å². The van der Waals surface area contributed by atoms with Crippen molar-refractivity contribution in [1.82, 2.24) is 0 Å². The lowest BCUT2D eigenvalue weighted by Crippen LogP contribution is -2.12. The highest BCUT2D eigenvalue weighted by atomic mass is 31.2. The van der Waals surface area contributed by atoms with Crippen molar-refractivity contribution in [2.24, 2.45) is 0 Å². The summed E-state index contributed by atoms with van der Waals surface area (Å²) in [6.07, 6.45) is -0.287. The average molecular weight is 250 g/mol. The molecule has 1 unspecified atom stereocenters. The molecule has 0 bridgehead atoms.